The zero-order valence-corrected chi connectivity index (χ0v) is 18.9. The fraction of sp³-hybridized carbons (Fsp3) is 0.250. The summed E-state index contributed by atoms with van der Waals surface area (Å²) in [7, 11) is 0. The van der Waals surface area contributed by atoms with Gasteiger partial charge in [-0.15, -0.1) is 0 Å². The summed E-state index contributed by atoms with van der Waals surface area (Å²) in [4.78, 5) is 36.4. The maximum Gasteiger partial charge on any atom is 0.338 e. The first-order valence-electron chi connectivity index (χ1n) is 10.2. The first-order valence-corrected chi connectivity index (χ1v) is 10.2. The van der Waals surface area contributed by atoms with Crippen LogP contribution in [-0.4, -0.2) is 29.7 Å². The van der Waals surface area contributed by atoms with E-state index in [-0.39, 0.29) is 12.2 Å². The summed E-state index contributed by atoms with van der Waals surface area (Å²) < 4.78 is 15.8. The molecule has 0 aliphatic heterocycles. The number of hydrogen-bond donors (Lipinski definition) is 2. The fourth-order valence-electron chi connectivity index (χ4n) is 2.99. The van der Waals surface area contributed by atoms with Gasteiger partial charge in [0.2, 0.25) is 0 Å². The van der Waals surface area contributed by atoms with Gasteiger partial charge in [-0.3, -0.25) is 10.1 Å². The lowest BCUT2D eigenvalue weighted by Crippen LogP contribution is -2.37. The molecule has 0 spiro atoms. The molecule has 0 atom stereocenters. The lowest BCUT2D eigenvalue weighted by atomic mass is 10.1. The number of rotatable bonds is 7. The van der Waals surface area contributed by atoms with E-state index in [0.29, 0.717) is 17.2 Å². The summed E-state index contributed by atoms with van der Waals surface area (Å²) in [6, 6.07) is 11.1. The zero-order chi connectivity index (χ0) is 24.0. The number of amides is 3. The molecule has 0 fully saturated rings. The molecule has 2 aromatic carbocycles. The third kappa shape index (κ3) is 6.19. The van der Waals surface area contributed by atoms with E-state index >= 15 is 0 Å². The van der Waals surface area contributed by atoms with E-state index < -0.39 is 24.5 Å². The second kappa shape index (κ2) is 10.4. The Morgan fingerprint density at radius 3 is 2.52 bits per heavy atom. The van der Waals surface area contributed by atoms with Crippen LogP contribution in [0.2, 0.25) is 0 Å². The number of imide groups is 1. The van der Waals surface area contributed by atoms with Crippen molar-refractivity contribution in [3.05, 3.63) is 76.2 Å². The van der Waals surface area contributed by atoms with Gasteiger partial charge in [-0.25, -0.2) is 9.59 Å². The minimum absolute atomic E-state index is 0.207. The number of urea groups is 1. The Hall–Kier alpha value is -4.14. The molecule has 0 aliphatic rings. The van der Waals surface area contributed by atoms with Crippen LogP contribution < -0.4 is 15.4 Å². The second-order valence-electron chi connectivity index (χ2n) is 7.45. The van der Waals surface area contributed by atoms with E-state index in [1.807, 2.05) is 26.8 Å². The monoisotopic (exact) mass is 451 g/mol. The average molecular weight is 451 g/mol. The molecule has 2 N–H and O–H groups in total. The molecule has 0 radical (unpaired) electrons. The Morgan fingerprint density at radius 2 is 1.79 bits per heavy atom. The average Bonchev–Trinajstić information content (AvgIpc) is 3.11. The van der Waals surface area contributed by atoms with Crippen LogP contribution in [0.5, 0.6) is 5.75 Å². The van der Waals surface area contributed by atoms with Gasteiger partial charge < -0.3 is 19.3 Å². The van der Waals surface area contributed by atoms with E-state index in [9.17, 15) is 14.4 Å². The lowest BCUT2D eigenvalue weighted by molar-refractivity contribution is -0.123. The molecule has 9 heteroatoms. The topological polar surface area (TPSA) is 120 Å². The highest BCUT2D eigenvalue weighted by Gasteiger charge is 2.15. The molecule has 0 saturated heterocycles. The molecule has 1 heterocycles. The molecule has 9 nitrogen and oxygen atoms in total. The molecule has 172 valence electrons. The standard InChI is InChI=1S/C24H25N3O6/c1-14-7-5-10-21(15(14)2)25-24(30)26-22(28)13-32-23(29)18-8-6-9-19(11-18)31-12-20-16(3)27-33-17(20)4/h5-11H,12-13H2,1-4H3,(H2,25,26,28,30). The molecule has 3 amide bonds. The smallest absolute Gasteiger partial charge is 0.338 e. The number of aromatic nitrogens is 1. The van der Waals surface area contributed by atoms with Crippen molar-refractivity contribution in [2.45, 2.75) is 34.3 Å². The van der Waals surface area contributed by atoms with Gasteiger partial charge in [-0.2, -0.15) is 0 Å². The van der Waals surface area contributed by atoms with Crippen molar-refractivity contribution in [2.24, 2.45) is 0 Å². The highest BCUT2D eigenvalue weighted by atomic mass is 16.5. The Balaban J connectivity index is 1.49. The molecule has 3 rings (SSSR count). The summed E-state index contributed by atoms with van der Waals surface area (Å²) in [5, 5.41) is 8.61. The van der Waals surface area contributed by atoms with Gasteiger partial charge in [0.1, 0.15) is 18.1 Å². The summed E-state index contributed by atoms with van der Waals surface area (Å²) in [6.07, 6.45) is 0. The number of benzene rings is 2. The number of carbonyl (C=O) groups excluding carboxylic acids is 3. The van der Waals surface area contributed by atoms with E-state index in [0.717, 1.165) is 22.4 Å². The van der Waals surface area contributed by atoms with Crippen LogP contribution >= 0.6 is 0 Å². The number of nitrogens with zero attached hydrogens (tertiary/aromatic N) is 1. The van der Waals surface area contributed by atoms with Crippen molar-refractivity contribution < 1.29 is 28.4 Å². The molecule has 3 aromatic rings. The SMILES string of the molecule is Cc1cccc(NC(=O)NC(=O)COC(=O)c2cccc(OCc3c(C)noc3C)c2)c1C. The van der Waals surface area contributed by atoms with E-state index in [1.165, 1.54) is 12.1 Å². The Morgan fingerprint density at radius 1 is 1.03 bits per heavy atom. The van der Waals surface area contributed by atoms with E-state index in [1.54, 1.807) is 31.2 Å². The van der Waals surface area contributed by atoms with Gasteiger partial charge in [0.05, 0.1) is 16.8 Å². The van der Waals surface area contributed by atoms with Crippen LogP contribution in [-0.2, 0) is 16.1 Å². The molecule has 0 unspecified atom stereocenters. The van der Waals surface area contributed by atoms with Crippen LogP contribution in [0.3, 0.4) is 0 Å². The molecular formula is C24H25N3O6. The minimum Gasteiger partial charge on any atom is -0.489 e. The van der Waals surface area contributed by atoms with Crippen molar-refractivity contribution in [3.63, 3.8) is 0 Å². The summed E-state index contributed by atoms with van der Waals surface area (Å²) in [6.45, 7) is 7.01. The Kier molecular flexibility index (Phi) is 7.45. The number of ether oxygens (including phenoxy) is 2. The van der Waals surface area contributed by atoms with Crippen LogP contribution in [0.4, 0.5) is 10.5 Å². The van der Waals surface area contributed by atoms with Crippen molar-refractivity contribution in [1.82, 2.24) is 10.5 Å². The number of hydrogen-bond acceptors (Lipinski definition) is 7. The molecule has 0 bridgehead atoms. The lowest BCUT2D eigenvalue weighted by Gasteiger charge is -2.11. The Bertz CT molecular complexity index is 1170. The first-order chi connectivity index (χ1) is 15.7. The van der Waals surface area contributed by atoms with E-state index in [2.05, 4.69) is 15.8 Å². The fourth-order valence-corrected chi connectivity index (χ4v) is 2.99. The largest absolute Gasteiger partial charge is 0.489 e. The highest BCUT2D eigenvalue weighted by molar-refractivity contribution is 6.02. The first kappa shape index (κ1) is 23.5. The van der Waals surface area contributed by atoms with Gasteiger partial charge in [0.25, 0.3) is 5.91 Å². The third-order valence-electron chi connectivity index (χ3n) is 5.07. The molecule has 1 aromatic heterocycles. The van der Waals surface area contributed by atoms with Crippen LogP contribution in [0.15, 0.2) is 47.0 Å². The maximum absolute atomic E-state index is 12.3. The Labute approximate surface area is 191 Å². The summed E-state index contributed by atoms with van der Waals surface area (Å²) >= 11 is 0. The van der Waals surface area contributed by atoms with Gasteiger partial charge in [-0.1, -0.05) is 23.4 Å². The summed E-state index contributed by atoms with van der Waals surface area (Å²) in [5.74, 6) is -0.364. The van der Waals surface area contributed by atoms with Gasteiger partial charge >= 0.3 is 12.0 Å². The molecule has 33 heavy (non-hydrogen) atoms. The second-order valence-corrected chi connectivity index (χ2v) is 7.45. The van der Waals surface area contributed by atoms with Gasteiger partial charge in [0.15, 0.2) is 6.61 Å². The predicted molar refractivity (Wildman–Crippen MR) is 120 cm³/mol. The van der Waals surface area contributed by atoms with Crippen LogP contribution in [0.25, 0.3) is 0 Å². The zero-order valence-electron chi connectivity index (χ0n) is 18.9. The van der Waals surface area contributed by atoms with Crippen LogP contribution in [0.1, 0.15) is 38.5 Å². The quantitative estimate of drug-likeness (QED) is 0.521. The predicted octanol–water partition coefficient (Wildman–Crippen LogP) is 3.99. The van der Waals surface area contributed by atoms with E-state index in [4.69, 9.17) is 14.0 Å². The summed E-state index contributed by atoms with van der Waals surface area (Å²) in [5.41, 5.74) is 4.26. The van der Waals surface area contributed by atoms with Crippen molar-refractivity contribution in [1.29, 1.82) is 0 Å². The number of aryl methyl sites for hydroxylation is 3. The number of anilines is 1. The minimum atomic E-state index is -0.753. The van der Waals surface area contributed by atoms with Gasteiger partial charge in [0, 0.05) is 5.69 Å². The number of esters is 1. The van der Waals surface area contributed by atoms with Crippen molar-refractivity contribution >= 4 is 23.6 Å². The van der Waals surface area contributed by atoms with Crippen LogP contribution in [0, 0.1) is 27.7 Å². The normalized spacial score (nSPS) is 10.4. The molecule has 0 aliphatic carbocycles. The van der Waals surface area contributed by atoms with Gasteiger partial charge in [-0.05, 0) is 63.1 Å². The number of carbonyl (C=O) groups is 3. The molecule has 0 saturated carbocycles. The maximum atomic E-state index is 12.3. The molecular weight excluding hydrogens is 426 g/mol. The highest BCUT2D eigenvalue weighted by Crippen LogP contribution is 2.19. The van der Waals surface area contributed by atoms with Crippen molar-refractivity contribution in [3.8, 4) is 5.75 Å². The van der Waals surface area contributed by atoms with Crippen molar-refractivity contribution in [2.75, 3.05) is 11.9 Å². The third-order valence-corrected chi connectivity index (χ3v) is 5.07. The number of nitrogens with one attached hydrogen (secondary N) is 2.